The molecule has 0 amide bonds. The topological polar surface area (TPSA) is 65.2 Å². The lowest BCUT2D eigenvalue weighted by Crippen LogP contribution is -2.03. The first-order chi connectivity index (χ1) is 8.29. The lowest BCUT2D eigenvalue weighted by atomic mass is 9.97. The van der Waals surface area contributed by atoms with Crippen LogP contribution in [0.4, 0.5) is 0 Å². The molecule has 5 heteroatoms. The average molecular weight is 238 g/mol. The van der Waals surface area contributed by atoms with Gasteiger partial charge in [-0.05, 0) is 18.8 Å². The number of nitrogens with zero attached hydrogens (tertiary/aromatic N) is 2. The van der Waals surface area contributed by atoms with E-state index in [0.29, 0.717) is 11.8 Å². The number of carbonyl (C=O) groups is 1. The van der Waals surface area contributed by atoms with Crippen molar-refractivity contribution in [1.82, 2.24) is 10.2 Å². The molecule has 0 radical (unpaired) electrons. The first kappa shape index (κ1) is 12.1. The van der Waals surface area contributed by atoms with Crippen LogP contribution in [0.1, 0.15) is 55.1 Å². The molecular formula is C12H18N2O3. The molecule has 0 aromatic carbocycles. The highest BCUT2D eigenvalue weighted by Gasteiger charge is 2.19. The predicted molar refractivity (Wildman–Crippen MR) is 60.5 cm³/mol. The first-order valence-corrected chi connectivity index (χ1v) is 6.20. The lowest BCUT2D eigenvalue weighted by Gasteiger charge is -2.09. The van der Waals surface area contributed by atoms with Gasteiger partial charge < -0.3 is 9.15 Å². The minimum atomic E-state index is -0.565. The zero-order valence-corrected chi connectivity index (χ0v) is 10.1. The molecule has 0 unspecified atom stereocenters. The normalized spacial score (nSPS) is 17.7. The van der Waals surface area contributed by atoms with Crippen LogP contribution >= 0.6 is 0 Å². The lowest BCUT2D eigenvalue weighted by molar-refractivity contribution is 0.0553. The van der Waals surface area contributed by atoms with Crippen LogP contribution in [0.15, 0.2) is 4.42 Å². The maximum Gasteiger partial charge on any atom is 0.396 e. The first-order valence-electron chi connectivity index (χ1n) is 6.20. The molecule has 0 atom stereocenters. The van der Waals surface area contributed by atoms with Crippen LogP contribution in [0.3, 0.4) is 0 Å². The van der Waals surface area contributed by atoms with Crippen molar-refractivity contribution in [1.29, 1.82) is 0 Å². The highest BCUT2D eigenvalue weighted by molar-refractivity contribution is 5.83. The van der Waals surface area contributed by atoms with Crippen molar-refractivity contribution in [3.05, 3.63) is 11.8 Å². The van der Waals surface area contributed by atoms with Crippen molar-refractivity contribution in [2.24, 2.45) is 5.92 Å². The van der Waals surface area contributed by atoms with Gasteiger partial charge in [0.25, 0.3) is 0 Å². The Morgan fingerprint density at radius 2 is 2.00 bits per heavy atom. The van der Waals surface area contributed by atoms with Crippen molar-refractivity contribution in [2.75, 3.05) is 7.11 Å². The molecule has 0 N–H and O–H groups in total. The summed E-state index contributed by atoms with van der Waals surface area (Å²) in [5.41, 5.74) is 0. The summed E-state index contributed by atoms with van der Waals surface area (Å²) in [4.78, 5) is 11.2. The third-order valence-corrected chi connectivity index (χ3v) is 3.26. The number of rotatable bonds is 3. The van der Waals surface area contributed by atoms with E-state index in [4.69, 9.17) is 4.42 Å². The van der Waals surface area contributed by atoms with E-state index in [9.17, 15) is 4.79 Å². The van der Waals surface area contributed by atoms with Gasteiger partial charge in [0.15, 0.2) is 0 Å². The highest BCUT2D eigenvalue weighted by Crippen LogP contribution is 2.25. The van der Waals surface area contributed by atoms with Crippen LogP contribution in [-0.2, 0) is 11.2 Å². The number of ether oxygens (including phenoxy) is 1. The van der Waals surface area contributed by atoms with Crippen LogP contribution < -0.4 is 0 Å². The Morgan fingerprint density at radius 3 is 2.65 bits per heavy atom. The van der Waals surface area contributed by atoms with Crippen molar-refractivity contribution < 1.29 is 13.9 Å². The fourth-order valence-electron chi connectivity index (χ4n) is 2.32. The molecule has 5 nitrogen and oxygen atoms in total. The van der Waals surface area contributed by atoms with Gasteiger partial charge in [-0.3, -0.25) is 0 Å². The zero-order chi connectivity index (χ0) is 12.1. The molecule has 1 aliphatic rings. The van der Waals surface area contributed by atoms with Gasteiger partial charge in [0.1, 0.15) is 0 Å². The number of esters is 1. The Labute approximate surface area is 101 Å². The third-order valence-electron chi connectivity index (χ3n) is 3.26. The van der Waals surface area contributed by atoms with E-state index >= 15 is 0 Å². The Bertz CT molecular complexity index is 368. The number of aromatic nitrogens is 2. The maximum absolute atomic E-state index is 11.2. The van der Waals surface area contributed by atoms with Crippen LogP contribution in [0.2, 0.25) is 0 Å². The number of hydrogen-bond donors (Lipinski definition) is 0. The quantitative estimate of drug-likeness (QED) is 0.597. The molecule has 1 aromatic heterocycles. The van der Waals surface area contributed by atoms with Gasteiger partial charge in [-0.25, -0.2) is 4.79 Å². The van der Waals surface area contributed by atoms with E-state index in [1.165, 1.54) is 45.6 Å². The van der Waals surface area contributed by atoms with Crippen molar-refractivity contribution in [3.8, 4) is 0 Å². The van der Waals surface area contributed by atoms with Crippen molar-refractivity contribution in [2.45, 2.75) is 44.9 Å². The average Bonchev–Trinajstić information content (AvgIpc) is 2.65. The van der Waals surface area contributed by atoms with Gasteiger partial charge in [-0.1, -0.05) is 25.7 Å². The number of hydrogen-bond acceptors (Lipinski definition) is 5. The number of carbonyl (C=O) groups excluding carboxylic acids is 1. The van der Waals surface area contributed by atoms with E-state index in [1.807, 2.05) is 0 Å². The molecule has 17 heavy (non-hydrogen) atoms. The largest absolute Gasteiger partial charge is 0.462 e. The van der Waals surface area contributed by atoms with E-state index in [0.717, 1.165) is 6.42 Å². The molecule has 0 bridgehead atoms. The second-order valence-corrected chi connectivity index (χ2v) is 4.55. The van der Waals surface area contributed by atoms with Crippen molar-refractivity contribution >= 4 is 5.97 Å². The molecule has 1 saturated carbocycles. The number of methoxy groups -OCH3 is 1. The van der Waals surface area contributed by atoms with Gasteiger partial charge in [-0.15, -0.1) is 10.2 Å². The molecule has 0 spiro atoms. The fraction of sp³-hybridized carbons (Fsp3) is 0.750. The molecular weight excluding hydrogens is 220 g/mol. The zero-order valence-electron chi connectivity index (χ0n) is 10.1. The van der Waals surface area contributed by atoms with E-state index in [1.54, 1.807) is 0 Å². The monoisotopic (exact) mass is 238 g/mol. The molecule has 0 saturated heterocycles. The molecule has 2 rings (SSSR count). The molecule has 1 aliphatic carbocycles. The molecule has 1 aromatic rings. The Kier molecular flexibility index (Phi) is 4.12. The van der Waals surface area contributed by atoms with Gasteiger partial charge in [0.2, 0.25) is 5.89 Å². The summed E-state index contributed by atoms with van der Waals surface area (Å²) in [5, 5.41) is 7.58. The van der Waals surface area contributed by atoms with E-state index in [2.05, 4.69) is 14.9 Å². The van der Waals surface area contributed by atoms with Gasteiger partial charge in [0, 0.05) is 6.42 Å². The van der Waals surface area contributed by atoms with E-state index in [-0.39, 0.29) is 5.89 Å². The summed E-state index contributed by atoms with van der Waals surface area (Å²) in [6.45, 7) is 0. The standard InChI is InChI=1S/C12H18N2O3/c1-16-12(15)11-14-13-10(17-11)8-9-6-4-2-3-5-7-9/h9H,2-8H2,1H3. The van der Waals surface area contributed by atoms with Crippen LogP contribution in [0, 0.1) is 5.92 Å². The molecule has 1 heterocycles. The molecule has 94 valence electrons. The summed E-state index contributed by atoms with van der Waals surface area (Å²) in [6, 6.07) is 0. The SMILES string of the molecule is COC(=O)c1nnc(CC2CCCCCC2)o1. The Balaban J connectivity index is 1.93. The van der Waals surface area contributed by atoms with Gasteiger partial charge in [-0.2, -0.15) is 0 Å². The Hall–Kier alpha value is -1.39. The van der Waals surface area contributed by atoms with Crippen LogP contribution in [0.25, 0.3) is 0 Å². The second-order valence-electron chi connectivity index (χ2n) is 4.55. The van der Waals surface area contributed by atoms with Crippen molar-refractivity contribution in [3.63, 3.8) is 0 Å². The summed E-state index contributed by atoms with van der Waals surface area (Å²) in [7, 11) is 1.30. The minimum Gasteiger partial charge on any atom is -0.462 e. The third kappa shape index (κ3) is 3.28. The summed E-state index contributed by atoms with van der Waals surface area (Å²) < 4.78 is 9.81. The maximum atomic E-state index is 11.2. The Morgan fingerprint density at radius 1 is 1.29 bits per heavy atom. The van der Waals surface area contributed by atoms with Crippen LogP contribution in [0.5, 0.6) is 0 Å². The van der Waals surface area contributed by atoms with Crippen LogP contribution in [-0.4, -0.2) is 23.3 Å². The minimum absolute atomic E-state index is 0.0453. The summed E-state index contributed by atoms with van der Waals surface area (Å²) in [6.07, 6.45) is 8.43. The summed E-state index contributed by atoms with van der Waals surface area (Å²) in [5.74, 6) is 0.557. The summed E-state index contributed by atoms with van der Waals surface area (Å²) >= 11 is 0. The second kappa shape index (κ2) is 5.80. The fourth-order valence-corrected chi connectivity index (χ4v) is 2.32. The smallest absolute Gasteiger partial charge is 0.396 e. The molecule has 1 fully saturated rings. The van der Waals surface area contributed by atoms with Gasteiger partial charge in [0.05, 0.1) is 7.11 Å². The predicted octanol–water partition coefficient (Wildman–Crippen LogP) is 2.37. The highest BCUT2D eigenvalue weighted by atomic mass is 16.5. The van der Waals surface area contributed by atoms with E-state index < -0.39 is 5.97 Å². The van der Waals surface area contributed by atoms with Gasteiger partial charge >= 0.3 is 11.9 Å². The molecule has 0 aliphatic heterocycles.